The molecule has 0 amide bonds. The van der Waals surface area contributed by atoms with Gasteiger partial charge in [0.05, 0.1) is 46.9 Å². The molecular weight excluding hydrogens is 1250 g/mol. The van der Waals surface area contributed by atoms with Crippen LogP contribution in [0, 0.1) is 32.5 Å². The molecule has 16 nitrogen and oxygen atoms in total. The molecule has 0 saturated heterocycles. The molecule has 4 N–H and O–H groups in total. The van der Waals surface area contributed by atoms with E-state index in [0.29, 0.717) is 0 Å². The van der Waals surface area contributed by atoms with Crippen molar-refractivity contribution in [3.8, 4) is 0 Å². The molecule has 0 aliphatic rings. The van der Waals surface area contributed by atoms with Crippen molar-refractivity contribution in [3.05, 3.63) is 0 Å². The molecular formula is C84H192N8O8. The second-order valence-corrected chi connectivity index (χ2v) is 40.9. The summed E-state index contributed by atoms with van der Waals surface area (Å²) in [6, 6.07) is 0. The molecule has 0 unspecified atom stereocenters. The van der Waals surface area contributed by atoms with Crippen LogP contribution in [0.2, 0.25) is 0 Å². The van der Waals surface area contributed by atoms with Gasteiger partial charge in [-0.2, -0.15) is 11.0 Å². The molecule has 0 aliphatic heterocycles. The van der Waals surface area contributed by atoms with Crippen molar-refractivity contribution < 1.29 is 38.5 Å². The summed E-state index contributed by atoms with van der Waals surface area (Å²) in [7, 11) is 0. The van der Waals surface area contributed by atoms with Gasteiger partial charge < -0.3 is 28.8 Å². The maximum atomic E-state index is 5.56. The van der Waals surface area contributed by atoms with Gasteiger partial charge in [0.15, 0.2) is 11.8 Å². The molecule has 100 heavy (non-hydrogen) atoms. The number of nitrogens with one attached hydrogen (secondary N) is 4. The number of hydroxylamine groups is 4. The van der Waals surface area contributed by atoms with Crippen molar-refractivity contribution in [2.75, 3.05) is 26.3 Å². The monoisotopic (exact) mass is 1440 g/mol. The summed E-state index contributed by atoms with van der Waals surface area (Å²) in [5.41, 5.74) is 14.3. The normalized spacial score (nSPS) is 13.3. The van der Waals surface area contributed by atoms with Gasteiger partial charge in [-0.05, 0) is 243 Å². The lowest BCUT2D eigenvalue weighted by atomic mass is 9.91. The molecule has 0 atom stereocenters. The van der Waals surface area contributed by atoms with Crippen LogP contribution in [0.25, 0.3) is 0 Å². The maximum Gasteiger partial charge on any atom is 0.181 e. The predicted molar refractivity (Wildman–Crippen MR) is 453 cm³/mol. The highest BCUT2D eigenvalue weighted by atomic mass is 16.7. The SMILES string of the molecule is C/C(=N/OC(C)(C)C)C(C)(C)C.C/C(=N/OC(C)(C)C)C(C)(C)C.CC.CC.CC.CC.CC(=NC(C)(C)C)OC(C)(C)C.CC(=NC(C)(C)C)OC(C)(C)C.CC(C)(C)CNOC(C)(C)C.CC(C)(C)CNOC(C)(C)C.CC(C)(C)CONC(C)(C)C.CC(C)(C)CONC(C)(C)C. The molecule has 0 saturated carbocycles. The van der Waals surface area contributed by atoms with Gasteiger partial charge >= 0.3 is 0 Å². The Morgan fingerprint density at radius 2 is 0.470 bits per heavy atom. The Morgan fingerprint density at radius 3 is 0.590 bits per heavy atom. The van der Waals surface area contributed by atoms with E-state index >= 15 is 0 Å². The Morgan fingerprint density at radius 1 is 0.270 bits per heavy atom. The number of aliphatic imine (C=N–C) groups is 2. The van der Waals surface area contributed by atoms with Crippen molar-refractivity contribution in [2.45, 2.75) is 471 Å². The summed E-state index contributed by atoms with van der Waals surface area (Å²) in [6.45, 7) is 127. The van der Waals surface area contributed by atoms with Crippen molar-refractivity contribution in [1.82, 2.24) is 21.9 Å². The first-order valence-electron chi connectivity index (χ1n) is 37.9. The highest BCUT2D eigenvalue weighted by molar-refractivity contribution is 5.86. The molecule has 616 valence electrons. The highest BCUT2D eigenvalue weighted by Crippen LogP contribution is 2.21. The van der Waals surface area contributed by atoms with Crippen LogP contribution in [-0.4, -0.2) is 105 Å². The number of ether oxygens (including phenoxy) is 2. The third-order valence-electron chi connectivity index (χ3n) is 8.71. The van der Waals surface area contributed by atoms with Crippen LogP contribution >= 0.6 is 0 Å². The van der Waals surface area contributed by atoms with Crippen molar-refractivity contribution in [3.63, 3.8) is 0 Å². The van der Waals surface area contributed by atoms with Crippen LogP contribution in [0.15, 0.2) is 20.3 Å². The van der Waals surface area contributed by atoms with E-state index in [0.717, 1.165) is 49.5 Å². The molecule has 0 aromatic rings. The third-order valence-corrected chi connectivity index (χ3v) is 8.71. The summed E-state index contributed by atoms with van der Waals surface area (Å²) in [4.78, 5) is 40.7. The standard InChI is InChI=1S/4C10H21NO.4C9H21NO.4C2H6/c2*1-8(11-9(2,3)4)12-10(5,6)7;2*1-8(9(2,3)4)11-12-10(5,6)7;2*1-8(2,3)7-11-10-9(4,5)6;2*1-8(2,3)7-10-11-9(4,5)6;4*1-2/h4*1-7H3;4*10H,7H2,1-6H3;4*1-2H3/b;;2*11-8-;;;;;;;;. The minimum atomic E-state index is -0.188. The molecule has 0 heterocycles. The molecule has 16 heteroatoms. The minimum absolute atomic E-state index is 0.0463. The van der Waals surface area contributed by atoms with Crippen LogP contribution in [0.5, 0.6) is 0 Å². The van der Waals surface area contributed by atoms with E-state index in [1.807, 2.05) is 208 Å². The lowest BCUT2D eigenvalue weighted by Gasteiger charge is -2.24. The molecule has 0 fully saturated rings. The molecule has 0 radical (unpaired) electrons. The Balaban J connectivity index is -0.0000000871. The van der Waals surface area contributed by atoms with Gasteiger partial charge in [-0.1, -0.05) is 190 Å². The zero-order valence-corrected chi connectivity index (χ0v) is 79.9. The van der Waals surface area contributed by atoms with Gasteiger partial charge in [0.2, 0.25) is 0 Å². The second-order valence-electron chi connectivity index (χ2n) is 40.9. The number of hydrogen-bond acceptors (Lipinski definition) is 16. The highest BCUT2D eigenvalue weighted by Gasteiger charge is 2.22. The molecule has 0 bridgehead atoms. The molecule has 0 aromatic heterocycles. The average molecular weight is 1440 g/mol. The molecule has 0 spiro atoms. The van der Waals surface area contributed by atoms with Crippen LogP contribution in [-0.2, 0) is 38.5 Å². The summed E-state index contributed by atoms with van der Waals surface area (Å²) < 4.78 is 11.1. The van der Waals surface area contributed by atoms with Gasteiger partial charge in [0, 0.05) is 48.8 Å². The van der Waals surface area contributed by atoms with Crippen molar-refractivity contribution >= 4 is 23.2 Å². The lowest BCUT2D eigenvalue weighted by Crippen LogP contribution is -2.37. The second kappa shape index (κ2) is 55.9. The van der Waals surface area contributed by atoms with Crippen LogP contribution in [0.1, 0.15) is 415 Å². The van der Waals surface area contributed by atoms with E-state index in [9.17, 15) is 0 Å². The molecule has 0 aliphatic carbocycles. The summed E-state index contributed by atoms with van der Waals surface area (Å²) >= 11 is 0. The zero-order chi connectivity index (χ0) is 84.5. The summed E-state index contributed by atoms with van der Waals surface area (Å²) in [5, 5.41) is 8.17. The van der Waals surface area contributed by atoms with E-state index in [-0.39, 0.29) is 88.3 Å². The van der Waals surface area contributed by atoms with Crippen LogP contribution in [0.4, 0.5) is 0 Å². The molecule has 0 rings (SSSR count). The number of hydrogen-bond donors (Lipinski definition) is 4. The van der Waals surface area contributed by atoms with E-state index in [1.54, 1.807) is 0 Å². The quantitative estimate of drug-likeness (QED) is 0.0928. The van der Waals surface area contributed by atoms with E-state index < -0.39 is 0 Å². The zero-order valence-electron chi connectivity index (χ0n) is 79.9. The fourth-order valence-corrected chi connectivity index (χ4v) is 4.44. The van der Waals surface area contributed by atoms with Gasteiger partial charge in [-0.3, -0.25) is 19.7 Å². The fourth-order valence-electron chi connectivity index (χ4n) is 4.44. The number of oxime groups is 2. The smallest absolute Gasteiger partial charge is 0.181 e. The third kappa shape index (κ3) is 158. The van der Waals surface area contributed by atoms with E-state index in [2.05, 4.69) is 250 Å². The summed E-state index contributed by atoms with van der Waals surface area (Å²) in [5.74, 6) is 1.52. The fraction of sp³-hybridized carbons (Fsp3) is 0.952. The predicted octanol–water partition coefficient (Wildman–Crippen LogP) is 26.0. The van der Waals surface area contributed by atoms with E-state index in [4.69, 9.17) is 38.5 Å². The minimum Gasteiger partial charge on any atom is -0.476 e. The Labute approximate surface area is 631 Å². The first-order valence-corrected chi connectivity index (χ1v) is 37.9. The average Bonchev–Trinajstić information content (AvgIpc) is 0.931. The van der Waals surface area contributed by atoms with Gasteiger partial charge in [0.25, 0.3) is 0 Å². The first-order chi connectivity index (χ1) is 43.3. The topological polar surface area (TPSA) is 171 Å². The van der Waals surface area contributed by atoms with Crippen LogP contribution < -0.4 is 21.9 Å². The van der Waals surface area contributed by atoms with Crippen molar-refractivity contribution in [2.24, 2.45) is 52.8 Å². The maximum absolute atomic E-state index is 5.56. The number of rotatable bonds is 10. The Kier molecular flexibility index (Phi) is 69.5. The lowest BCUT2D eigenvalue weighted by molar-refractivity contribution is -0.0814. The largest absolute Gasteiger partial charge is 0.476 e. The van der Waals surface area contributed by atoms with Gasteiger partial charge in [-0.25, -0.2) is 11.0 Å². The first kappa shape index (κ1) is 124. The van der Waals surface area contributed by atoms with E-state index in [1.165, 1.54) is 0 Å². The Hall–Kier alpha value is -2.44. The molecule has 0 aromatic carbocycles. The Bertz CT molecular complexity index is 1710. The van der Waals surface area contributed by atoms with Crippen LogP contribution in [0.3, 0.4) is 0 Å². The van der Waals surface area contributed by atoms with Gasteiger partial charge in [0.1, 0.15) is 22.4 Å². The van der Waals surface area contributed by atoms with Gasteiger partial charge in [-0.15, -0.1) is 0 Å². The summed E-state index contributed by atoms with van der Waals surface area (Å²) in [6.07, 6.45) is 0. The number of nitrogens with zero attached hydrogens (tertiary/aromatic N) is 4. The van der Waals surface area contributed by atoms with Crippen molar-refractivity contribution in [1.29, 1.82) is 0 Å².